The number of rotatable bonds is 7. The van der Waals surface area contributed by atoms with Crippen molar-refractivity contribution in [3.8, 4) is 0 Å². The van der Waals surface area contributed by atoms with Crippen molar-refractivity contribution < 1.29 is 14.3 Å². The molecule has 0 fully saturated rings. The molecule has 0 atom stereocenters. The Hall–Kier alpha value is -2.89. The fourth-order valence-electron chi connectivity index (χ4n) is 2.13. The summed E-state index contributed by atoms with van der Waals surface area (Å²) in [6.45, 7) is 4.31. The molecule has 0 saturated heterocycles. The van der Waals surface area contributed by atoms with Crippen LogP contribution in [0.4, 0.5) is 11.5 Å². The summed E-state index contributed by atoms with van der Waals surface area (Å²) in [7, 11) is 0. The van der Waals surface area contributed by atoms with Gasteiger partial charge in [0.25, 0.3) is 0 Å². The van der Waals surface area contributed by atoms with E-state index < -0.39 is 0 Å². The highest BCUT2D eigenvalue weighted by Crippen LogP contribution is 2.11. The maximum absolute atomic E-state index is 11.5. The Morgan fingerprint density at radius 2 is 1.88 bits per heavy atom. The Morgan fingerprint density at radius 1 is 1.12 bits per heavy atom. The average molecular weight is 327 g/mol. The Kier molecular flexibility index (Phi) is 6.31. The highest BCUT2D eigenvalue weighted by molar-refractivity contribution is 5.89. The fourth-order valence-corrected chi connectivity index (χ4v) is 2.13. The molecule has 6 nitrogen and oxygen atoms in total. The molecule has 126 valence electrons. The van der Waals surface area contributed by atoms with Crippen LogP contribution < -0.4 is 10.6 Å². The molecule has 2 N–H and O–H groups in total. The zero-order valence-electron chi connectivity index (χ0n) is 13.8. The second-order valence-electron chi connectivity index (χ2n) is 5.21. The van der Waals surface area contributed by atoms with E-state index in [1.807, 2.05) is 24.3 Å². The number of anilines is 2. The summed E-state index contributed by atoms with van der Waals surface area (Å²) in [5.74, 6) is 0.260. The number of nitrogens with zero attached hydrogens (tertiary/aromatic N) is 1. The van der Waals surface area contributed by atoms with Gasteiger partial charge in [-0.1, -0.05) is 12.1 Å². The summed E-state index contributed by atoms with van der Waals surface area (Å²) >= 11 is 0. The van der Waals surface area contributed by atoms with Gasteiger partial charge < -0.3 is 15.4 Å². The molecule has 1 aromatic heterocycles. The molecular formula is C18H21N3O3. The first-order chi connectivity index (χ1) is 11.6. The monoisotopic (exact) mass is 327 g/mol. The van der Waals surface area contributed by atoms with E-state index in [1.165, 1.54) is 13.1 Å². The number of hydrogen-bond acceptors (Lipinski definition) is 5. The molecule has 2 rings (SSSR count). The highest BCUT2D eigenvalue weighted by Gasteiger charge is 2.06. The van der Waals surface area contributed by atoms with Gasteiger partial charge in [0.15, 0.2) is 0 Å². The molecule has 0 aliphatic heterocycles. The molecule has 1 aromatic carbocycles. The number of carbonyl (C=O) groups is 2. The molecule has 0 unspecified atom stereocenters. The van der Waals surface area contributed by atoms with Crippen molar-refractivity contribution in [2.75, 3.05) is 23.8 Å². The van der Waals surface area contributed by atoms with Gasteiger partial charge >= 0.3 is 5.97 Å². The lowest BCUT2D eigenvalue weighted by Gasteiger charge is -2.07. The van der Waals surface area contributed by atoms with Crippen molar-refractivity contribution in [1.29, 1.82) is 0 Å². The van der Waals surface area contributed by atoms with Crippen LogP contribution in [0.3, 0.4) is 0 Å². The Bertz CT molecular complexity index is 682. The van der Waals surface area contributed by atoms with Crippen molar-refractivity contribution in [2.45, 2.75) is 20.3 Å². The molecule has 0 radical (unpaired) electrons. The van der Waals surface area contributed by atoms with E-state index in [1.54, 1.807) is 19.1 Å². The maximum Gasteiger partial charge on any atom is 0.339 e. The highest BCUT2D eigenvalue weighted by atomic mass is 16.5. The van der Waals surface area contributed by atoms with E-state index in [-0.39, 0.29) is 11.9 Å². The number of benzene rings is 1. The maximum atomic E-state index is 11.5. The van der Waals surface area contributed by atoms with Crippen LogP contribution >= 0.6 is 0 Å². The lowest BCUT2D eigenvalue weighted by molar-refractivity contribution is -0.114. The van der Waals surface area contributed by atoms with Gasteiger partial charge in [0, 0.05) is 25.4 Å². The number of pyridine rings is 1. The molecule has 0 aliphatic rings. The van der Waals surface area contributed by atoms with E-state index >= 15 is 0 Å². The molecule has 0 saturated carbocycles. The normalized spacial score (nSPS) is 10.1. The van der Waals surface area contributed by atoms with Crippen LogP contribution in [0.15, 0.2) is 42.6 Å². The molecular weight excluding hydrogens is 306 g/mol. The number of hydrogen-bond donors (Lipinski definition) is 2. The molecule has 1 amide bonds. The van der Waals surface area contributed by atoms with Crippen LogP contribution in [-0.2, 0) is 16.0 Å². The van der Waals surface area contributed by atoms with Crippen molar-refractivity contribution in [2.24, 2.45) is 0 Å². The van der Waals surface area contributed by atoms with Crippen LogP contribution in [0.2, 0.25) is 0 Å². The van der Waals surface area contributed by atoms with E-state index in [0.717, 1.165) is 17.7 Å². The van der Waals surface area contributed by atoms with E-state index in [2.05, 4.69) is 15.6 Å². The van der Waals surface area contributed by atoms with Gasteiger partial charge in [-0.2, -0.15) is 0 Å². The predicted molar refractivity (Wildman–Crippen MR) is 93.1 cm³/mol. The second kappa shape index (κ2) is 8.67. The van der Waals surface area contributed by atoms with Crippen LogP contribution in [0.25, 0.3) is 0 Å². The van der Waals surface area contributed by atoms with Crippen molar-refractivity contribution >= 4 is 23.4 Å². The molecule has 0 aliphatic carbocycles. The predicted octanol–water partition coefficient (Wildman–Crippen LogP) is 2.87. The minimum absolute atomic E-state index is 0.0817. The summed E-state index contributed by atoms with van der Waals surface area (Å²) in [6.07, 6.45) is 2.32. The Balaban J connectivity index is 1.81. The molecule has 0 spiro atoms. The first-order valence-electron chi connectivity index (χ1n) is 7.82. The van der Waals surface area contributed by atoms with Gasteiger partial charge in [0.05, 0.1) is 12.2 Å². The van der Waals surface area contributed by atoms with E-state index in [9.17, 15) is 9.59 Å². The third-order valence-electron chi connectivity index (χ3n) is 3.27. The third kappa shape index (κ3) is 5.39. The van der Waals surface area contributed by atoms with Gasteiger partial charge in [-0.15, -0.1) is 0 Å². The third-order valence-corrected chi connectivity index (χ3v) is 3.27. The van der Waals surface area contributed by atoms with Crippen LogP contribution in [0.5, 0.6) is 0 Å². The number of nitrogens with one attached hydrogen (secondary N) is 2. The topological polar surface area (TPSA) is 80.3 Å². The first-order valence-corrected chi connectivity index (χ1v) is 7.82. The molecule has 24 heavy (non-hydrogen) atoms. The number of esters is 1. The van der Waals surface area contributed by atoms with Crippen LogP contribution in [0.1, 0.15) is 29.8 Å². The zero-order chi connectivity index (χ0) is 17.4. The minimum atomic E-state index is -0.365. The molecule has 0 bridgehead atoms. The van der Waals surface area contributed by atoms with E-state index in [4.69, 9.17) is 4.74 Å². The van der Waals surface area contributed by atoms with Crippen molar-refractivity contribution in [1.82, 2.24) is 4.98 Å². The van der Waals surface area contributed by atoms with Gasteiger partial charge in [0.1, 0.15) is 5.82 Å². The van der Waals surface area contributed by atoms with Gasteiger partial charge in [0.2, 0.25) is 5.91 Å². The number of aromatic nitrogens is 1. The Morgan fingerprint density at radius 3 is 2.46 bits per heavy atom. The summed E-state index contributed by atoms with van der Waals surface area (Å²) < 4.78 is 4.91. The molecule has 2 aromatic rings. The smallest absolute Gasteiger partial charge is 0.339 e. The lowest BCUT2D eigenvalue weighted by atomic mass is 10.1. The fraction of sp³-hybridized carbons (Fsp3) is 0.278. The standard InChI is InChI=1S/C18H21N3O3/c1-3-24-18(23)15-6-9-17(20-12-15)19-11-10-14-4-7-16(8-5-14)21-13(2)22/h4-9,12H,3,10-11H2,1-2H3,(H,19,20)(H,21,22). The number of carbonyl (C=O) groups excluding carboxylic acids is 2. The summed E-state index contributed by atoms with van der Waals surface area (Å²) in [6, 6.07) is 11.2. The van der Waals surface area contributed by atoms with Gasteiger partial charge in [-0.3, -0.25) is 4.79 Å². The zero-order valence-corrected chi connectivity index (χ0v) is 13.8. The molecule has 1 heterocycles. The average Bonchev–Trinajstić information content (AvgIpc) is 2.57. The minimum Gasteiger partial charge on any atom is -0.462 e. The Labute approximate surface area is 141 Å². The van der Waals surface area contributed by atoms with Crippen molar-refractivity contribution in [3.05, 3.63) is 53.7 Å². The second-order valence-corrected chi connectivity index (χ2v) is 5.21. The van der Waals surface area contributed by atoms with Gasteiger partial charge in [-0.25, -0.2) is 9.78 Å². The van der Waals surface area contributed by atoms with Gasteiger partial charge in [-0.05, 0) is 43.2 Å². The van der Waals surface area contributed by atoms with E-state index in [0.29, 0.717) is 24.5 Å². The largest absolute Gasteiger partial charge is 0.462 e. The van der Waals surface area contributed by atoms with Crippen LogP contribution in [-0.4, -0.2) is 30.0 Å². The lowest BCUT2D eigenvalue weighted by Crippen LogP contribution is -2.09. The SMILES string of the molecule is CCOC(=O)c1ccc(NCCc2ccc(NC(C)=O)cc2)nc1. The summed E-state index contributed by atoms with van der Waals surface area (Å²) in [5, 5.41) is 5.94. The first kappa shape index (κ1) is 17.5. The number of amides is 1. The number of ether oxygens (including phenoxy) is 1. The van der Waals surface area contributed by atoms with Crippen molar-refractivity contribution in [3.63, 3.8) is 0 Å². The summed E-state index contributed by atoms with van der Waals surface area (Å²) in [4.78, 5) is 26.7. The molecule has 6 heteroatoms. The quantitative estimate of drug-likeness (QED) is 0.764. The van der Waals surface area contributed by atoms with Crippen LogP contribution in [0, 0.1) is 0 Å². The summed E-state index contributed by atoms with van der Waals surface area (Å²) in [5.41, 5.74) is 2.38.